The minimum absolute atomic E-state index is 0.232. The number of halogens is 3. The van der Waals surface area contributed by atoms with E-state index in [1.54, 1.807) is 12.1 Å². The summed E-state index contributed by atoms with van der Waals surface area (Å²) >= 11 is 0. The Bertz CT molecular complexity index is 908. The summed E-state index contributed by atoms with van der Waals surface area (Å²) in [6, 6.07) is 17.7. The smallest absolute Gasteiger partial charge is 0.352 e. The molecule has 0 aliphatic rings. The summed E-state index contributed by atoms with van der Waals surface area (Å²) in [5, 5.41) is 5.73. The van der Waals surface area contributed by atoms with Crippen LogP contribution in [-0.4, -0.2) is 17.4 Å². The molecule has 0 saturated heterocycles. The summed E-state index contributed by atoms with van der Waals surface area (Å²) in [7, 11) is 0. The van der Waals surface area contributed by atoms with E-state index in [4.69, 9.17) is 0 Å². The topological polar surface area (TPSA) is 54.0 Å². The van der Waals surface area contributed by atoms with E-state index >= 15 is 0 Å². The third-order valence-electron chi connectivity index (χ3n) is 4.05. The molecule has 0 aliphatic heterocycles. The Morgan fingerprint density at radius 2 is 1.64 bits per heavy atom. The van der Waals surface area contributed by atoms with E-state index in [1.807, 2.05) is 30.3 Å². The molecule has 0 spiro atoms. The minimum atomic E-state index is -4.37. The number of aromatic nitrogens is 1. The molecule has 3 aromatic rings. The van der Waals surface area contributed by atoms with Gasteiger partial charge in [0.2, 0.25) is 0 Å². The van der Waals surface area contributed by atoms with Gasteiger partial charge in [-0.15, -0.1) is 0 Å². The van der Waals surface area contributed by atoms with E-state index in [-0.39, 0.29) is 5.91 Å². The number of anilines is 2. The first-order valence-corrected chi connectivity index (χ1v) is 8.64. The summed E-state index contributed by atoms with van der Waals surface area (Å²) < 4.78 is 37.7. The molecule has 4 nitrogen and oxygen atoms in total. The van der Waals surface area contributed by atoms with Crippen molar-refractivity contribution in [2.75, 3.05) is 11.9 Å². The first-order chi connectivity index (χ1) is 13.4. The van der Waals surface area contributed by atoms with Gasteiger partial charge in [-0.1, -0.05) is 30.3 Å². The number of amides is 1. The second kappa shape index (κ2) is 8.56. The molecule has 0 radical (unpaired) electrons. The van der Waals surface area contributed by atoms with Crippen LogP contribution in [0.2, 0.25) is 0 Å². The van der Waals surface area contributed by atoms with Crippen LogP contribution >= 0.6 is 0 Å². The van der Waals surface area contributed by atoms with Crippen molar-refractivity contribution in [3.63, 3.8) is 0 Å². The van der Waals surface area contributed by atoms with Crippen LogP contribution in [0.5, 0.6) is 0 Å². The monoisotopic (exact) mass is 385 g/mol. The van der Waals surface area contributed by atoms with E-state index < -0.39 is 11.7 Å². The zero-order chi connectivity index (χ0) is 20.0. The standard InChI is InChI=1S/C21H18F3N3O/c22-21(23,24)17-7-9-18(10-8-17)27-19-11-6-16(14-26-19)20(28)25-13-12-15-4-2-1-3-5-15/h1-11,14H,12-13H2,(H,25,28)(H,26,27). The summed E-state index contributed by atoms with van der Waals surface area (Å²) in [6.07, 6.45) is -2.22. The SMILES string of the molecule is O=C(NCCc1ccccc1)c1ccc(Nc2ccc(C(F)(F)F)cc2)nc1. The normalized spacial score (nSPS) is 11.1. The van der Waals surface area contributed by atoms with Crippen molar-refractivity contribution in [2.24, 2.45) is 0 Å². The summed E-state index contributed by atoms with van der Waals surface area (Å²) in [4.78, 5) is 16.3. The number of alkyl halides is 3. The molecule has 0 aliphatic carbocycles. The molecule has 7 heteroatoms. The number of carbonyl (C=O) groups is 1. The largest absolute Gasteiger partial charge is 0.416 e. The highest BCUT2D eigenvalue weighted by Crippen LogP contribution is 2.30. The number of hydrogen-bond donors (Lipinski definition) is 2. The summed E-state index contributed by atoms with van der Waals surface area (Å²) in [5.74, 6) is 0.199. The molecule has 0 bridgehead atoms. The first-order valence-electron chi connectivity index (χ1n) is 8.64. The Morgan fingerprint density at radius 1 is 0.929 bits per heavy atom. The summed E-state index contributed by atoms with van der Waals surface area (Å²) in [6.45, 7) is 0.508. The number of hydrogen-bond acceptors (Lipinski definition) is 3. The van der Waals surface area contributed by atoms with E-state index in [0.29, 0.717) is 23.6 Å². The van der Waals surface area contributed by atoms with Crippen molar-refractivity contribution in [3.05, 3.63) is 89.6 Å². The maximum Gasteiger partial charge on any atom is 0.416 e. The highest BCUT2D eigenvalue weighted by atomic mass is 19.4. The Kier molecular flexibility index (Phi) is 5.93. The molecule has 3 rings (SSSR count). The van der Waals surface area contributed by atoms with Crippen LogP contribution in [0, 0.1) is 0 Å². The van der Waals surface area contributed by atoms with Crippen molar-refractivity contribution in [3.8, 4) is 0 Å². The maximum atomic E-state index is 12.6. The number of benzene rings is 2. The van der Waals surface area contributed by atoms with Crippen molar-refractivity contribution < 1.29 is 18.0 Å². The van der Waals surface area contributed by atoms with Crippen LogP contribution < -0.4 is 10.6 Å². The molecular formula is C21H18F3N3O. The van der Waals surface area contributed by atoms with Gasteiger partial charge in [-0.25, -0.2) is 4.98 Å². The fourth-order valence-electron chi connectivity index (χ4n) is 2.56. The van der Waals surface area contributed by atoms with Crippen LogP contribution in [0.1, 0.15) is 21.5 Å². The molecule has 1 amide bonds. The summed E-state index contributed by atoms with van der Waals surface area (Å²) in [5.41, 5.74) is 1.30. The molecule has 1 heterocycles. The fourth-order valence-corrected chi connectivity index (χ4v) is 2.56. The van der Waals surface area contributed by atoms with Gasteiger partial charge >= 0.3 is 6.18 Å². The van der Waals surface area contributed by atoms with Gasteiger partial charge in [0.05, 0.1) is 11.1 Å². The lowest BCUT2D eigenvalue weighted by atomic mass is 10.1. The van der Waals surface area contributed by atoms with E-state index in [9.17, 15) is 18.0 Å². The predicted molar refractivity (Wildman–Crippen MR) is 101 cm³/mol. The molecule has 0 saturated carbocycles. The molecule has 0 atom stereocenters. The number of rotatable bonds is 6. The van der Waals surface area contributed by atoms with Crippen LogP contribution in [0.3, 0.4) is 0 Å². The van der Waals surface area contributed by atoms with Crippen LogP contribution in [-0.2, 0) is 12.6 Å². The van der Waals surface area contributed by atoms with Gasteiger partial charge in [0.15, 0.2) is 0 Å². The van der Waals surface area contributed by atoms with Gasteiger partial charge in [-0.05, 0) is 48.4 Å². The van der Waals surface area contributed by atoms with Crippen molar-refractivity contribution in [1.29, 1.82) is 0 Å². The lowest BCUT2D eigenvalue weighted by Gasteiger charge is -2.10. The van der Waals surface area contributed by atoms with Crippen molar-refractivity contribution >= 4 is 17.4 Å². The second-order valence-corrected chi connectivity index (χ2v) is 6.12. The zero-order valence-corrected chi connectivity index (χ0v) is 14.8. The molecule has 2 aromatic carbocycles. The fraction of sp³-hybridized carbons (Fsp3) is 0.143. The van der Waals surface area contributed by atoms with Crippen LogP contribution in [0.15, 0.2) is 72.9 Å². The lowest BCUT2D eigenvalue weighted by Crippen LogP contribution is -2.25. The highest BCUT2D eigenvalue weighted by molar-refractivity contribution is 5.94. The number of nitrogens with one attached hydrogen (secondary N) is 2. The Labute approximate surface area is 160 Å². The zero-order valence-electron chi connectivity index (χ0n) is 14.8. The van der Waals surface area contributed by atoms with Gasteiger partial charge in [0, 0.05) is 18.4 Å². The third-order valence-corrected chi connectivity index (χ3v) is 4.05. The number of nitrogens with zero attached hydrogens (tertiary/aromatic N) is 1. The highest BCUT2D eigenvalue weighted by Gasteiger charge is 2.29. The Hall–Kier alpha value is -3.35. The second-order valence-electron chi connectivity index (χ2n) is 6.12. The molecule has 1 aromatic heterocycles. The minimum Gasteiger partial charge on any atom is -0.352 e. The average Bonchev–Trinajstić information content (AvgIpc) is 2.69. The first kappa shape index (κ1) is 19.4. The molecule has 28 heavy (non-hydrogen) atoms. The van der Waals surface area contributed by atoms with Crippen molar-refractivity contribution in [2.45, 2.75) is 12.6 Å². The maximum absolute atomic E-state index is 12.6. The van der Waals surface area contributed by atoms with E-state index in [1.165, 1.54) is 18.3 Å². The lowest BCUT2D eigenvalue weighted by molar-refractivity contribution is -0.137. The van der Waals surface area contributed by atoms with Crippen molar-refractivity contribution in [1.82, 2.24) is 10.3 Å². The molecule has 0 fully saturated rings. The van der Waals surface area contributed by atoms with E-state index in [2.05, 4.69) is 15.6 Å². The molecule has 144 valence electrons. The Morgan fingerprint density at radius 3 is 2.25 bits per heavy atom. The number of pyridine rings is 1. The Balaban J connectivity index is 1.53. The predicted octanol–water partition coefficient (Wildman–Crippen LogP) is 4.82. The molecule has 2 N–H and O–H groups in total. The van der Waals surface area contributed by atoms with Gasteiger partial charge in [0.1, 0.15) is 5.82 Å². The van der Waals surface area contributed by atoms with Crippen LogP contribution in [0.25, 0.3) is 0 Å². The van der Waals surface area contributed by atoms with Gasteiger partial charge < -0.3 is 10.6 Å². The third kappa shape index (κ3) is 5.33. The quantitative estimate of drug-likeness (QED) is 0.640. The van der Waals surface area contributed by atoms with Crippen LogP contribution in [0.4, 0.5) is 24.7 Å². The number of carbonyl (C=O) groups excluding carboxylic acids is 1. The van der Waals surface area contributed by atoms with E-state index in [0.717, 1.165) is 24.1 Å². The van der Waals surface area contributed by atoms with Gasteiger partial charge in [0.25, 0.3) is 5.91 Å². The van der Waals surface area contributed by atoms with Gasteiger partial charge in [-0.3, -0.25) is 4.79 Å². The molecule has 0 unspecified atom stereocenters. The average molecular weight is 385 g/mol. The van der Waals surface area contributed by atoms with Gasteiger partial charge in [-0.2, -0.15) is 13.2 Å². The molecular weight excluding hydrogens is 367 g/mol.